The van der Waals surface area contributed by atoms with Crippen LogP contribution in [0.1, 0.15) is 44.4 Å². The lowest BCUT2D eigenvalue weighted by Crippen LogP contribution is -2.35. The van der Waals surface area contributed by atoms with Crippen LogP contribution in [0.3, 0.4) is 0 Å². The molecule has 1 aromatic rings. The first kappa shape index (κ1) is 19.7. The maximum Gasteiger partial charge on any atom is 0.408 e. The molecule has 0 aliphatic heterocycles. The first-order valence-electron chi connectivity index (χ1n) is 7.12. The van der Waals surface area contributed by atoms with Gasteiger partial charge in [0.25, 0.3) is 0 Å². The molecule has 0 unspecified atom stereocenters. The van der Waals surface area contributed by atoms with Gasteiger partial charge in [-0.1, -0.05) is 24.3 Å². The van der Waals surface area contributed by atoms with Crippen LogP contribution in [-0.2, 0) is 20.4 Å². The van der Waals surface area contributed by atoms with Crippen molar-refractivity contribution in [2.75, 3.05) is 5.75 Å². The molecule has 0 fully saturated rings. The summed E-state index contributed by atoms with van der Waals surface area (Å²) in [6.07, 6.45) is -0.524. The lowest BCUT2D eigenvalue weighted by molar-refractivity contribution is 0.0502. The first-order valence-corrected chi connectivity index (χ1v) is 9.59. The zero-order chi connectivity index (χ0) is 17.7. The zero-order valence-electron chi connectivity index (χ0n) is 13.4. The Bertz CT molecular complexity index is 622. The molecule has 0 saturated carbocycles. The highest BCUT2D eigenvalue weighted by Gasteiger charge is 2.22. The Kier molecular flexibility index (Phi) is 6.85. The topological polar surface area (TPSA) is 92.7 Å². The molecule has 0 bridgehead atoms. The number of alkyl carbamates (subject to hydrolysis) is 1. The number of carbonyl (C=O) groups is 1. The normalized spacial score (nSPS) is 13.4. The van der Waals surface area contributed by atoms with E-state index in [9.17, 15) is 13.2 Å². The fourth-order valence-corrected chi connectivity index (χ4v) is 2.67. The van der Waals surface area contributed by atoms with E-state index in [1.54, 1.807) is 45.0 Å². The van der Waals surface area contributed by atoms with Crippen LogP contribution in [0.5, 0.6) is 0 Å². The van der Waals surface area contributed by atoms with Crippen molar-refractivity contribution in [3.05, 3.63) is 35.4 Å². The van der Waals surface area contributed by atoms with E-state index in [0.29, 0.717) is 5.56 Å². The van der Waals surface area contributed by atoms with E-state index >= 15 is 0 Å². The molecule has 0 aliphatic rings. The van der Waals surface area contributed by atoms with E-state index in [-0.39, 0.29) is 18.8 Å². The molecule has 1 rings (SSSR count). The lowest BCUT2D eigenvalue weighted by atomic mass is 10.0. The van der Waals surface area contributed by atoms with Gasteiger partial charge in [0.15, 0.2) is 0 Å². The third-order valence-electron chi connectivity index (χ3n) is 2.91. The molecule has 130 valence electrons. The molecule has 0 radical (unpaired) electrons. The van der Waals surface area contributed by atoms with Gasteiger partial charge in [0.1, 0.15) is 5.60 Å². The van der Waals surface area contributed by atoms with Crippen molar-refractivity contribution < 1.29 is 23.1 Å². The number of benzene rings is 1. The third kappa shape index (κ3) is 8.20. The molecule has 0 spiro atoms. The number of nitrogens with one attached hydrogen (secondary N) is 1. The van der Waals surface area contributed by atoms with Gasteiger partial charge in [0, 0.05) is 10.7 Å². The van der Waals surface area contributed by atoms with Gasteiger partial charge in [-0.2, -0.15) is 0 Å². The number of carbonyl (C=O) groups excluding carboxylic acids is 1. The molecule has 23 heavy (non-hydrogen) atoms. The molecule has 0 aromatic heterocycles. The van der Waals surface area contributed by atoms with Crippen LogP contribution < -0.4 is 5.32 Å². The van der Waals surface area contributed by atoms with Gasteiger partial charge in [-0.25, -0.2) is 13.2 Å². The second kappa shape index (κ2) is 7.99. The lowest BCUT2D eigenvalue weighted by Gasteiger charge is -2.24. The highest BCUT2D eigenvalue weighted by atomic mass is 35.7. The van der Waals surface area contributed by atoms with Gasteiger partial charge in [-0.05, 0) is 38.3 Å². The first-order chi connectivity index (χ1) is 10.5. The maximum absolute atomic E-state index is 11.9. The highest BCUT2D eigenvalue weighted by Crippen LogP contribution is 2.20. The average Bonchev–Trinajstić information content (AvgIpc) is 2.40. The predicted octanol–water partition coefficient (Wildman–Crippen LogP) is 2.70. The Labute approximate surface area is 141 Å². The fourth-order valence-electron chi connectivity index (χ4n) is 1.89. The average molecular weight is 364 g/mol. The van der Waals surface area contributed by atoms with E-state index < -0.39 is 26.8 Å². The monoisotopic (exact) mass is 363 g/mol. The summed E-state index contributed by atoms with van der Waals surface area (Å²) in [5.41, 5.74) is 0.761. The van der Waals surface area contributed by atoms with Crippen molar-refractivity contribution in [3.63, 3.8) is 0 Å². The number of hydrogen-bond donors (Lipinski definition) is 2. The van der Waals surface area contributed by atoms with Crippen LogP contribution in [0.2, 0.25) is 0 Å². The van der Waals surface area contributed by atoms with Crippen LogP contribution in [0.25, 0.3) is 0 Å². The van der Waals surface area contributed by atoms with Crippen LogP contribution in [0.4, 0.5) is 4.79 Å². The number of aliphatic hydroxyl groups excluding tert-OH is 1. The second-order valence-electron chi connectivity index (χ2n) is 6.13. The number of aliphatic hydroxyl groups is 1. The van der Waals surface area contributed by atoms with Crippen LogP contribution >= 0.6 is 10.7 Å². The Balaban J connectivity index is 2.89. The summed E-state index contributed by atoms with van der Waals surface area (Å²) in [4.78, 5) is 11.9. The number of ether oxygens (including phenoxy) is 1. The molecule has 8 heteroatoms. The Morgan fingerprint density at radius 1 is 1.30 bits per heavy atom. The number of rotatable bonds is 6. The van der Waals surface area contributed by atoms with Crippen molar-refractivity contribution in [1.29, 1.82) is 0 Å². The summed E-state index contributed by atoms with van der Waals surface area (Å²) in [5.74, 6) is -0.281. The SMILES string of the molecule is CC(C)(C)OC(=O)N[C@@H](CCS(=O)(=O)Cl)c1ccc(CO)cc1. The Morgan fingerprint density at radius 3 is 2.30 bits per heavy atom. The zero-order valence-corrected chi connectivity index (χ0v) is 14.9. The summed E-state index contributed by atoms with van der Waals surface area (Å²) in [6.45, 7) is 5.11. The van der Waals surface area contributed by atoms with E-state index in [0.717, 1.165) is 5.56 Å². The molecule has 0 saturated heterocycles. The second-order valence-corrected chi connectivity index (χ2v) is 9.03. The van der Waals surface area contributed by atoms with Gasteiger partial charge >= 0.3 is 6.09 Å². The minimum absolute atomic E-state index is 0.0967. The van der Waals surface area contributed by atoms with Gasteiger partial charge in [-0.3, -0.25) is 0 Å². The summed E-state index contributed by atoms with van der Waals surface area (Å²) >= 11 is 0. The van der Waals surface area contributed by atoms with Crippen molar-refractivity contribution in [2.45, 2.75) is 45.4 Å². The molecule has 0 heterocycles. The molecule has 6 nitrogen and oxygen atoms in total. The Morgan fingerprint density at radius 2 is 1.87 bits per heavy atom. The van der Waals surface area contributed by atoms with Gasteiger partial charge in [-0.15, -0.1) is 0 Å². The maximum atomic E-state index is 11.9. The Hall–Kier alpha value is -1.31. The number of hydrogen-bond acceptors (Lipinski definition) is 5. The standard InChI is InChI=1S/C15H22ClNO5S/c1-15(2,3)22-14(19)17-13(8-9-23(16,20)21)12-6-4-11(10-18)5-7-12/h4-7,13,18H,8-10H2,1-3H3,(H,17,19)/t13-/m0/s1. The summed E-state index contributed by atoms with van der Waals surface area (Å²) in [7, 11) is 1.58. The van der Waals surface area contributed by atoms with E-state index in [2.05, 4.69) is 5.32 Å². The molecule has 1 atom stereocenters. The van der Waals surface area contributed by atoms with E-state index in [1.165, 1.54) is 0 Å². The molecular formula is C15H22ClNO5S. The van der Waals surface area contributed by atoms with Gasteiger partial charge in [0.05, 0.1) is 18.4 Å². The summed E-state index contributed by atoms with van der Waals surface area (Å²) in [5, 5.41) is 11.7. The molecule has 1 aromatic carbocycles. The van der Waals surface area contributed by atoms with Crippen LogP contribution in [0.15, 0.2) is 24.3 Å². The van der Waals surface area contributed by atoms with E-state index in [4.69, 9.17) is 20.5 Å². The van der Waals surface area contributed by atoms with Crippen molar-refractivity contribution >= 4 is 25.8 Å². The molecular weight excluding hydrogens is 342 g/mol. The smallest absolute Gasteiger partial charge is 0.408 e. The minimum Gasteiger partial charge on any atom is -0.444 e. The fraction of sp³-hybridized carbons (Fsp3) is 0.533. The van der Waals surface area contributed by atoms with Crippen LogP contribution in [0, 0.1) is 0 Å². The van der Waals surface area contributed by atoms with Crippen molar-refractivity contribution in [2.24, 2.45) is 0 Å². The number of halogens is 1. The highest BCUT2D eigenvalue weighted by molar-refractivity contribution is 8.13. The largest absolute Gasteiger partial charge is 0.444 e. The number of amides is 1. The van der Waals surface area contributed by atoms with Gasteiger partial charge < -0.3 is 15.2 Å². The predicted molar refractivity (Wildman–Crippen MR) is 88.7 cm³/mol. The van der Waals surface area contributed by atoms with E-state index in [1.807, 2.05) is 0 Å². The third-order valence-corrected chi connectivity index (χ3v) is 4.09. The molecule has 0 aliphatic carbocycles. The summed E-state index contributed by atoms with van der Waals surface area (Å²) in [6, 6.07) is 6.27. The minimum atomic E-state index is -3.67. The molecule has 1 amide bonds. The molecule has 2 N–H and O–H groups in total. The quantitative estimate of drug-likeness (QED) is 0.758. The summed E-state index contributed by atoms with van der Waals surface area (Å²) < 4.78 is 27.5. The van der Waals surface area contributed by atoms with Crippen molar-refractivity contribution in [3.8, 4) is 0 Å². The van der Waals surface area contributed by atoms with Crippen LogP contribution in [-0.4, -0.2) is 31.0 Å². The van der Waals surface area contributed by atoms with Gasteiger partial charge in [0.2, 0.25) is 9.05 Å². The van der Waals surface area contributed by atoms with Crippen molar-refractivity contribution in [1.82, 2.24) is 5.32 Å².